The normalized spacial score (nSPS) is 10.6. The molecule has 0 aliphatic heterocycles. The average Bonchev–Trinajstić information content (AvgIpc) is 2.29. The van der Waals surface area contributed by atoms with E-state index in [0.717, 1.165) is 0 Å². The lowest BCUT2D eigenvalue weighted by Gasteiger charge is -2.06. The molecule has 86 valence electrons. The third-order valence-electron chi connectivity index (χ3n) is 1.88. The maximum atomic E-state index is 10.8. The molecule has 0 atom stereocenters. The number of hydrogen-bond acceptors (Lipinski definition) is 3. The van der Waals surface area contributed by atoms with E-state index in [1.54, 1.807) is 31.4 Å². The zero-order valence-electron chi connectivity index (χ0n) is 9.05. The van der Waals surface area contributed by atoms with Gasteiger partial charge in [0.25, 0.3) is 0 Å². The van der Waals surface area contributed by atoms with Gasteiger partial charge in [-0.15, -0.1) is 0 Å². The molecule has 0 saturated carbocycles. The van der Waals surface area contributed by atoms with Crippen molar-refractivity contribution in [2.24, 2.45) is 0 Å². The second kappa shape index (κ2) is 6.63. The van der Waals surface area contributed by atoms with Gasteiger partial charge in [-0.25, -0.2) is 4.79 Å². The predicted octanol–water partition coefficient (Wildman–Crippen LogP) is 1.97. The van der Waals surface area contributed by atoms with Crippen LogP contribution in [0.1, 0.15) is 10.4 Å². The number of para-hydroxylation sites is 1. The van der Waals surface area contributed by atoms with Gasteiger partial charge < -0.3 is 14.6 Å². The molecule has 0 aliphatic rings. The maximum absolute atomic E-state index is 10.8. The number of hydrogen-bond donors (Lipinski definition) is 1. The van der Waals surface area contributed by atoms with Crippen LogP contribution in [0, 0.1) is 0 Å². The van der Waals surface area contributed by atoms with E-state index in [0.29, 0.717) is 19.0 Å². The Morgan fingerprint density at radius 3 is 2.69 bits per heavy atom. The van der Waals surface area contributed by atoms with Gasteiger partial charge in [0.15, 0.2) is 0 Å². The van der Waals surface area contributed by atoms with E-state index in [1.807, 2.05) is 6.08 Å². The summed E-state index contributed by atoms with van der Waals surface area (Å²) in [5.74, 6) is -0.617. The van der Waals surface area contributed by atoms with Gasteiger partial charge in [-0.2, -0.15) is 0 Å². The second-order valence-corrected chi connectivity index (χ2v) is 3.04. The number of aromatic carboxylic acids is 1. The van der Waals surface area contributed by atoms with E-state index in [4.69, 9.17) is 14.6 Å². The topological polar surface area (TPSA) is 55.8 Å². The van der Waals surface area contributed by atoms with Crippen molar-refractivity contribution in [2.75, 3.05) is 20.3 Å². The Kier molecular flexibility index (Phi) is 5.08. The van der Waals surface area contributed by atoms with Gasteiger partial charge in [0.2, 0.25) is 0 Å². The zero-order chi connectivity index (χ0) is 11.8. The molecule has 0 bridgehead atoms. The molecular weight excluding hydrogens is 208 g/mol. The first kappa shape index (κ1) is 12.3. The summed E-state index contributed by atoms with van der Waals surface area (Å²) in [5.41, 5.74) is 0.169. The van der Waals surface area contributed by atoms with Gasteiger partial charge in [-0.05, 0) is 18.2 Å². The van der Waals surface area contributed by atoms with Crippen molar-refractivity contribution in [3.05, 3.63) is 42.0 Å². The minimum Gasteiger partial charge on any atom is -0.489 e. The first-order valence-electron chi connectivity index (χ1n) is 4.84. The molecule has 4 nitrogen and oxygen atoms in total. The summed E-state index contributed by atoms with van der Waals surface area (Å²) in [6, 6.07) is 6.54. The molecule has 0 fully saturated rings. The summed E-state index contributed by atoms with van der Waals surface area (Å²) in [6.07, 6.45) is 3.59. The van der Waals surface area contributed by atoms with E-state index in [1.165, 1.54) is 6.07 Å². The third kappa shape index (κ3) is 3.74. The molecule has 1 rings (SSSR count). The third-order valence-corrected chi connectivity index (χ3v) is 1.88. The number of ether oxygens (including phenoxy) is 2. The van der Waals surface area contributed by atoms with Gasteiger partial charge in [-0.1, -0.05) is 18.2 Å². The summed E-state index contributed by atoms with van der Waals surface area (Å²) < 4.78 is 10.1. The summed E-state index contributed by atoms with van der Waals surface area (Å²) in [4.78, 5) is 10.8. The first-order chi connectivity index (χ1) is 7.75. The van der Waals surface area contributed by atoms with Crippen LogP contribution in [0.5, 0.6) is 5.75 Å². The molecule has 0 radical (unpaired) electrons. The van der Waals surface area contributed by atoms with Crippen molar-refractivity contribution in [1.82, 2.24) is 0 Å². The van der Waals surface area contributed by atoms with Crippen LogP contribution in [-0.4, -0.2) is 31.4 Å². The molecule has 1 aromatic carbocycles. The summed E-state index contributed by atoms with van der Waals surface area (Å²) >= 11 is 0. The van der Waals surface area contributed by atoms with E-state index in [9.17, 15) is 4.79 Å². The smallest absolute Gasteiger partial charge is 0.339 e. The molecule has 0 aromatic heterocycles. The lowest BCUT2D eigenvalue weighted by atomic mass is 10.2. The van der Waals surface area contributed by atoms with Gasteiger partial charge in [0.1, 0.15) is 17.9 Å². The van der Waals surface area contributed by atoms with Crippen LogP contribution in [0.15, 0.2) is 36.4 Å². The minimum absolute atomic E-state index is 0.169. The van der Waals surface area contributed by atoms with Crippen LogP contribution >= 0.6 is 0 Å². The molecule has 0 aliphatic carbocycles. The fraction of sp³-hybridized carbons (Fsp3) is 0.250. The average molecular weight is 222 g/mol. The standard InChI is InChI=1S/C12H14O4/c1-15-8-4-5-9-16-11-7-3-2-6-10(11)12(13)14/h2-7H,8-9H2,1H3,(H,13,14). The van der Waals surface area contributed by atoms with Crippen LogP contribution in [0.4, 0.5) is 0 Å². The van der Waals surface area contributed by atoms with Crippen molar-refractivity contribution in [3.8, 4) is 5.75 Å². The highest BCUT2D eigenvalue weighted by molar-refractivity contribution is 5.90. The Bertz CT molecular complexity index is 371. The number of rotatable bonds is 6. The highest BCUT2D eigenvalue weighted by Crippen LogP contribution is 2.17. The van der Waals surface area contributed by atoms with Gasteiger partial charge >= 0.3 is 5.97 Å². The van der Waals surface area contributed by atoms with Crippen LogP contribution in [-0.2, 0) is 4.74 Å². The molecule has 0 spiro atoms. The Balaban J connectivity index is 2.56. The number of benzene rings is 1. The molecule has 0 amide bonds. The summed E-state index contributed by atoms with van der Waals surface area (Å²) in [7, 11) is 1.60. The number of carbonyl (C=O) groups is 1. The van der Waals surface area contributed by atoms with E-state index in [2.05, 4.69) is 0 Å². The fourth-order valence-electron chi connectivity index (χ4n) is 1.14. The van der Waals surface area contributed by atoms with E-state index < -0.39 is 5.97 Å². The fourth-order valence-corrected chi connectivity index (χ4v) is 1.14. The molecule has 4 heteroatoms. The van der Waals surface area contributed by atoms with Crippen molar-refractivity contribution in [3.63, 3.8) is 0 Å². The molecule has 0 unspecified atom stereocenters. The Labute approximate surface area is 94.1 Å². The minimum atomic E-state index is -0.989. The maximum Gasteiger partial charge on any atom is 0.339 e. The van der Waals surface area contributed by atoms with Crippen molar-refractivity contribution < 1.29 is 19.4 Å². The summed E-state index contributed by atoms with van der Waals surface area (Å²) in [6.45, 7) is 0.845. The lowest BCUT2D eigenvalue weighted by molar-refractivity contribution is 0.0693. The Hall–Kier alpha value is -1.81. The predicted molar refractivity (Wildman–Crippen MR) is 59.9 cm³/mol. The first-order valence-corrected chi connectivity index (χ1v) is 4.84. The van der Waals surface area contributed by atoms with Gasteiger partial charge in [0.05, 0.1) is 6.61 Å². The number of carboxylic acids is 1. The molecule has 1 aromatic rings. The summed E-state index contributed by atoms with van der Waals surface area (Å²) in [5, 5.41) is 8.89. The molecular formula is C12H14O4. The second-order valence-electron chi connectivity index (χ2n) is 3.04. The van der Waals surface area contributed by atoms with Crippen molar-refractivity contribution in [2.45, 2.75) is 0 Å². The molecule has 16 heavy (non-hydrogen) atoms. The largest absolute Gasteiger partial charge is 0.489 e. The monoisotopic (exact) mass is 222 g/mol. The van der Waals surface area contributed by atoms with E-state index in [-0.39, 0.29) is 5.56 Å². The lowest BCUT2D eigenvalue weighted by Crippen LogP contribution is -2.02. The van der Waals surface area contributed by atoms with Gasteiger partial charge in [-0.3, -0.25) is 0 Å². The highest BCUT2D eigenvalue weighted by atomic mass is 16.5. The van der Waals surface area contributed by atoms with Crippen molar-refractivity contribution >= 4 is 5.97 Å². The zero-order valence-corrected chi connectivity index (χ0v) is 9.05. The van der Waals surface area contributed by atoms with Crippen LogP contribution in [0.3, 0.4) is 0 Å². The number of methoxy groups -OCH3 is 1. The van der Waals surface area contributed by atoms with Crippen molar-refractivity contribution in [1.29, 1.82) is 0 Å². The molecule has 0 heterocycles. The van der Waals surface area contributed by atoms with Crippen LogP contribution in [0.2, 0.25) is 0 Å². The van der Waals surface area contributed by atoms with Gasteiger partial charge in [0, 0.05) is 7.11 Å². The van der Waals surface area contributed by atoms with E-state index >= 15 is 0 Å². The quantitative estimate of drug-likeness (QED) is 0.747. The Morgan fingerprint density at radius 1 is 1.31 bits per heavy atom. The SMILES string of the molecule is COCC=CCOc1ccccc1C(=O)O. The molecule has 1 N–H and O–H groups in total. The molecule has 0 saturated heterocycles. The number of carboxylic acid groups (broad SMARTS) is 1. The Morgan fingerprint density at radius 2 is 2.00 bits per heavy atom. The van der Waals surface area contributed by atoms with Crippen LogP contribution < -0.4 is 4.74 Å². The highest BCUT2D eigenvalue weighted by Gasteiger charge is 2.08. The van der Waals surface area contributed by atoms with Crippen LogP contribution in [0.25, 0.3) is 0 Å².